The average Bonchev–Trinajstić information content (AvgIpc) is 3.47. The normalized spacial score (nSPS) is 11.8. The molecule has 34 heavy (non-hydrogen) atoms. The first kappa shape index (κ1) is 22.8. The molecule has 1 atom stereocenters. The van der Waals surface area contributed by atoms with Crippen LogP contribution in [0, 0.1) is 11.6 Å². The number of hydrogen-bond donors (Lipinski definition) is 0. The lowest BCUT2D eigenvalue weighted by Gasteiger charge is -2.14. The first-order valence-corrected chi connectivity index (χ1v) is 10.2. The molecule has 3 aromatic heterocycles. The van der Waals surface area contributed by atoms with Gasteiger partial charge in [0, 0.05) is 18.6 Å². The number of carbonyl (C=O) groups is 1. The Balaban J connectivity index is 1.64. The van der Waals surface area contributed by atoms with Crippen LogP contribution in [0.15, 0.2) is 53.4 Å². The van der Waals surface area contributed by atoms with Gasteiger partial charge in [0.1, 0.15) is 23.5 Å². The molecule has 0 amide bonds. The van der Waals surface area contributed by atoms with Crippen molar-refractivity contribution in [2.75, 3.05) is 6.61 Å². The van der Waals surface area contributed by atoms with E-state index in [0.717, 1.165) is 6.20 Å². The first-order valence-electron chi connectivity index (χ1n) is 10.2. The molecule has 176 valence electrons. The Bertz CT molecular complexity index is 1280. The Morgan fingerprint density at radius 3 is 2.74 bits per heavy atom. The second kappa shape index (κ2) is 10.1. The van der Waals surface area contributed by atoms with E-state index in [4.69, 9.17) is 14.0 Å². The summed E-state index contributed by atoms with van der Waals surface area (Å²) in [4.78, 5) is 19.5. The van der Waals surface area contributed by atoms with Gasteiger partial charge in [-0.3, -0.25) is 4.68 Å². The lowest BCUT2D eigenvalue weighted by Crippen LogP contribution is -2.22. The van der Waals surface area contributed by atoms with Gasteiger partial charge in [-0.25, -0.2) is 14.2 Å². The van der Waals surface area contributed by atoms with Gasteiger partial charge in [-0.05, 0) is 19.1 Å². The van der Waals surface area contributed by atoms with E-state index in [2.05, 4.69) is 25.0 Å². The van der Waals surface area contributed by atoms with Crippen LogP contribution in [0.5, 0.6) is 5.88 Å². The maximum absolute atomic E-state index is 14.3. The molecule has 0 saturated heterocycles. The molecule has 0 bridgehead atoms. The molecule has 1 aromatic carbocycles. The number of rotatable bonds is 8. The molecule has 4 aromatic rings. The van der Waals surface area contributed by atoms with E-state index < -0.39 is 30.0 Å². The van der Waals surface area contributed by atoms with Gasteiger partial charge in [0.05, 0.1) is 25.0 Å². The number of benzene rings is 1. The predicted molar refractivity (Wildman–Crippen MR) is 112 cm³/mol. The van der Waals surface area contributed by atoms with Gasteiger partial charge in [0.2, 0.25) is 12.1 Å². The summed E-state index contributed by atoms with van der Waals surface area (Å²) in [6.45, 7) is 3.19. The maximum Gasteiger partial charge on any atom is 0.511 e. The van der Waals surface area contributed by atoms with Crippen molar-refractivity contribution in [1.29, 1.82) is 0 Å². The lowest BCUT2D eigenvalue weighted by molar-refractivity contribution is -0.0554. The Morgan fingerprint density at radius 1 is 1.18 bits per heavy atom. The molecule has 3 heterocycles. The highest BCUT2D eigenvalue weighted by Gasteiger charge is 2.20. The van der Waals surface area contributed by atoms with Crippen molar-refractivity contribution in [3.63, 3.8) is 0 Å². The summed E-state index contributed by atoms with van der Waals surface area (Å²) >= 11 is 0. The second-order valence-corrected chi connectivity index (χ2v) is 6.88. The Kier molecular flexibility index (Phi) is 6.76. The predicted octanol–water partition coefficient (Wildman–Crippen LogP) is 4.22. The highest BCUT2D eigenvalue weighted by atomic mass is 19.1. The lowest BCUT2D eigenvalue weighted by atomic mass is 10.2. The van der Waals surface area contributed by atoms with E-state index in [0.29, 0.717) is 17.0 Å². The molecule has 0 aliphatic carbocycles. The fourth-order valence-electron chi connectivity index (χ4n) is 3.01. The topological polar surface area (TPSA) is 114 Å². The first-order chi connectivity index (χ1) is 16.4. The monoisotopic (exact) mass is 471 g/mol. The molecule has 0 spiro atoms. The van der Waals surface area contributed by atoms with E-state index in [9.17, 15) is 13.6 Å². The number of halogens is 2. The minimum atomic E-state index is -1.18. The van der Waals surface area contributed by atoms with Crippen LogP contribution in [0.1, 0.15) is 19.4 Å². The zero-order valence-electron chi connectivity index (χ0n) is 18.1. The highest BCUT2D eigenvalue weighted by molar-refractivity contribution is 5.62. The molecule has 4 rings (SSSR count). The van der Waals surface area contributed by atoms with Crippen LogP contribution in [-0.4, -0.2) is 44.0 Å². The van der Waals surface area contributed by atoms with Crippen LogP contribution >= 0.6 is 0 Å². The van der Waals surface area contributed by atoms with Crippen molar-refractivity contribution < 1.29 is 32.3 Å². The van der Waals surface area contributed by atoms with Crippen LogP contribution < -0.4 is 4.74 Å². The van der Waals surface area contributed by atoms with Gasteiger partial charge in [0.15, 0.2) is 5.82 Å². The SMILES string of the molecule is CCOC(=O)OC(C)Oc1nc(-c2cc(-c3ccon3)n(Cc3ccccc3F)n2)ncc1F. The van der Waals surface area contributed by atoms with Crippen LogP contribution in [0.25, 0.3) is 22.9 Å². The average molecular weight is 471 g/mol. The third-order valence-electron chi connectivity index (χ3n) is 4.50. The van der Waals surface area contributed by atoms with Crippen molar-refractivity contribution in [3.05, 3.63) is 66.1 Å². The summed E-state index contributed by atoms with van der Waals surface area (Å²) < 4.78 is 49.7. The van der Waals surface area contributed by atoms with Crippen molar-refractivity contribution >= 4 is 6.16 Å². The quantitative estimate of drug-likeness (QED) is 0.275. The van der Waals surface area contributed by atoms with Gasteiger partial charge >= 0.3 is 6.16 Å². The van der Waals surface area contributed by atoms with E-state index in [-0.39, 0.29) is 24.7 Å². The molecule has 12 heteroatoms. The van der Waals surface area contributed by atoms with Gasteiger partial charge < -0.3 is 18.7 Å². The van der Waals surface area contributed by atoms with E-state index in [1.165, 1.54) is 23.9 Å². The number of ether oxygens (including phenoxy) is 3. The highest BCUT2D eigenvalue weighted by Crippen LogP contribution is 2.26. The molecular weight excluding hydrogens is 452 g/mol. The van der Waals surface area contributed by atoms with E-state index >= 15 is 0 Å². The molecule has 1 unspecified atom stereocenters. The molecule has 0 saturated carbocycles. The van der Waals surface area contributed by atoms with E-state index in [1.54, 1.807) is 37.3 Å². The summed E-state index contributed by atoms with van der Waals surface area (Å²) in [5.74, 6) is -1.69. The fraction of sp³-hybridized carbons (Fsp3) is 0.227. The Labute approximate surface area is 192 Å². The van der Waals surface area contributed by atoms with Gasteiger partial charge in [-0.15, -0.1) is 0 Å². The number of hydrogen-bond acceptors (Lipinski definition) is 9. The fourth-order valence-corrected chi connectivity index (χ4v) is 3.01. The van der Waals surface area contributed by atoms with Crippen LogP contribution in [0.4, 0.5) is 13.6 Å². The smallest absolute Gasteiger partial charge is 0.435 e. The largest absolute Gasteiger partial charge is 0.511 e. The molecule has 0 radical (unpaired) electrons. The molecule has 0 aliphatic heterocycles. The third kappa shape index (κ3) is 5.17. The number of nitrogens with zero attached hydrogens (tertiary/aromatic N) is 5. The minimum Gasteiger partial charge on any atom is -0.435 e. The molecular formula is C22H19F2N5O5. The molecule has 0 N–H and O–H groups in total. The van der Waals surface area contributed by atoms with Crippen molar-refractivity contribution in [2.45, 2.75) is 26.7 Å². The summed E-state index contributed by atoms with van der Waals surface area (Å²) in [5, 5.41) is 8.37. The third-order valence-corrected chi connectivity index (χ3v) is 4.50. The summed E-state index contributed by atoms with van der Waals surface area (Å²) in [7, 11) is 0. The molecule has 10 nitrogen and oxygen atoms in total. The van der Waals surface area contributed by atoms with Gasteiger partial charge in [-0.1, -0.05) is 23.4 Å². The summed E-state index contributed by atoms with van der Waals surface area (Å²) in [6, 6.07) is 9.51. The molecule has 0 fully saturated rings. The molecule has 0 aliphatic rings. The minimum absolute atomic E-state index is 0.0248. The second-order valence-electron chi connectivity index (χ2n) is 6.88. The van der Waals surface area contributed by atoms with Crippen LogP contribution in [-0.2, 0) is 16.0 Å². The van der Waals surface area contributed by atoms with Gasteiger partial charge in [0.25, 0.3) is 5.88 Å². The maximum atomic E-state index is 14.3. The number of carbonyl (C=O) groups excluding carboxylic acids is 1. The Hall–Kier alpha value is -4.35. The zero-order chi connectivity index (χ0) is 24.1. The van der Waals surface area contributed by atoms with Crippen molar-refractivity contribution in [1.82, 2.24) is 24.9 Å². The Morgan fingerprint density at radius 2 is 2.00 bits per heavy atom. The standard InChI is InChI=1S/C22H19F2N5O5/c1-3-31-22(30)34-13(2)33-21-16(24)11-25-20(26-21)18-10-19(17-8-9-32-28-17)29(27-18)12-14-6-4-5-7-15(14)23/h4-11,13H,3,12H2,1-2H3. The van der Waals surface area contributed by atoms with Crippen molar-refractivity contribution in [3.8, 4) is 28.8 Å². The van der Waals surface area contributed by atoms with E-state index in [1.807, 2.05) is 0 Å². The summed E-state index contributed by atoms with van der Waals surface area (Å²) in [5.41, 5.74) is 1.60. The van der Waals surface area contributed by atoms with Gasteiger partial charge in [-0.2, -0.15) is 14.5 Å². The number of aromatic nitrogens is 5. The van der Waals surface area contributed by atoms with Crippen LogP contribution in [0.3, 0.4) is 0 Å². The summed E-state index contributed by atoms with van der Waals surface area (Å²) in [6.07, 6.45) is 0.149. The zero-order valence-corrected chi connectivity index (χ0v) is 18.1. The van der Waals surface area contributed by atoms with Crippen molar-refractivity contribution in [2.24, 2.45) is 0 Å². The van der Waals surface area contributed by atoms with Crippen LogP contribution in [0.2, 0.25) is 0 Å².